The van der Waals surface area contributed by atoms with E-state index in [1.165, 1.54) is 0 Å². The molecule has 1 aromatic heterocycles. The molecular weight excluding hydrogens is 268 g/mol. The van der Waals surface area contributed by atoms with E-state index in [2.05, 4.69) is 4.98 Å². The van der Waals surface area contributed by atoms with Crippen molar-refractivity contribution >= 4 is 5.97 Å². The first-order valence-corrected chi connectivity index (χ1v) is 6.83. The molecule has 0 aliphatic rings. The Kier molecular flexibility index (Phi) is 4.43. The number of carboxylic acid groups (broad SMARTS) is 1. The molecular formula is C16H20N2O3. The average molecular weight is 288 g/mol. The molecule has 1 heterocycles. The minimum absolute atomic E-state index is 0.0307. The van der Waals surface area contributed by atoms with Gasteiger partial charge in [-0.1, -0.05) is 18.2 Å². The molecule has 1 N–H and O–H groups in total. The Labute approximate surface area is 124 Å². The van der Waals surface area contributed by atoms with E-state index < -0.39 is 5.97 Å². The molecule has 21 heavy (non-hydrogen) atoms. The zero-order valence-electron chi connectivity index (χ0n) is 12.5. The molecule has 2 aromatic rings. The molecule has 0 aliphatic heterocycles. The number of hydrogen-bond acceptors (Lipinski definition) is 4. The summed E-state index contributed by atoms with van der Waals surface area (Å²) < 4.78 is 5.48. The molecule has 0 amide bonds. The van der Waals surface area contributed by atoms with Gasteiger partial charge in [0, 0.05) is 17.6 Å². The summed E-state index contributed by atoms with van der Waals surface area (Å²) in [5.41, 5.74) is 1.37. The van der Waals surface area contributed by atoms with Gasteiger partial charge in [-0.05, 0) is 32.9 Å². The van der Waals surface area contributed by atoms with Crippen LogP contribution in [0.3, 0.4) is 0 Å². The fourth-order valence-corrected chi connectivity index (χ4v) is 1.98. The molecule has 0 aliphatic carbocycles. The number of hydrogen-bond donors (Lipinski definition) is 1. The van der Waals surface area contributed by atoms with Gasteiger partial charge in [0.15, 0.2) is 0 Å². The largest absolute Gasteiger partial charge is 0.480 e. The molecule has 1 aromatic carbocycles. The van der Waals surface area contributed by atoms with Crippen LogP contribution in [0.1, 0.15) is 26.5 Å². The summed E-state index contributed by atoms with van der Waals surface area (Å²) in [5.74, 6) is -0.300. The van der Waals surface area contributed by atoms with Crippen molar-refractivity contribution < 1.29 is 14.3 Å². The molecule has 2 rings (SSSR count). The van der Waals surface area contributed by atoms with Gasteiger partial charge in [-0.25, -0.2) is 4.98 Å². The van der Waals surface area contributed by atoms with Crippen molar-refractivity contribution in [2.45, 2.75) is 32.9 Å². The van der Waals surface area contributed by atoms with Crippen LogP contribution in [0.2, 0.25) is 0 Å². The maximum Gasteiger partial charge on any atom is 0.317 e. The Hall–Kier alpha value is -2.14. The lowest BCUT2D eigenvalue weighted by Gasteiger charge is -2.33. The van der Waals surface area contributed by atoms with Crippen LogP contribution >= 0.6 is 0 Å². The number of oxazole rings is 1. The summed E-state index contributed by atoms with van der Waals surface area (Å²) in [4.78, 5) is 17.3. The molecule has 0 bridgehead atoms. The van der Waals surface area contributed by atoms with Crippen LogP contribution < -0.4 is 0 Å². The van der Waals surface area contributed by atoms with Crippen molar-refractivity contribution in [2.75, 3.05) is 6.54 Å². The second kappa shape index (κ2) is 6.10. The third-order valence-electron chi connectivity index (χ3n) is 3.20. The predicted molar refractivity (Wildman–Crippen MR) is 79.7 cm³/mol. The molecule has 0 unspecified atom stereocenters. The summed E-state index contributed by atoms with van der Waals surface area (Å²) in [6, 6.07) is 9.63. The summed E-state index contributed by atoms with van der Waals surface area (Å²) in [5, 5.41) is 9.02. The summed E-state index contributed by atoms with van der Waals surface area (Å²) in [6.45, 7) is 6.35. The molecule has 0 radical (unpaired) electrons. The van der Waals surface area contributed by atoms with Gasteiger partial charge in [0.25, 0.3) is 0 Å². The predicted octanol–water partition coefficient (Wildman–Crippen LogP) is 3.03. The van der Waals surface area contributed by atoms with Crippen molar-refractivity contribution in [1.82, 2.24) is 9.88 Å². The maximum absolute atomic E-state index is 11.0. The van der Waals surface area contributed by atoms with E-state index in [4.69, 9.17) is 9.52 Å². The first-order valence-electron chi connectivity index (χ1n) is 6.83. The topological polar surface area (TPSA) is 66.6 Å². The van der Waals surface area contributed by atoms with Crippen LogP contribution in [-0.4, -0.2) is 33.0 Å². The van der Waals surface area contributed by atoms with E-state index in [1.54, 1.807) is 6.26 Å². The highest BCUT2D eigenvalue weighted by Crippen LogP contribution is 2.21. The zero-order valence-corrected chi connectivity index (χ0v) is 12.5. The second-order valence-electron chi connectivity index (χ2n) is 5.93. The number of aliphatic carboxylic acids is 1. The van der Waals surface area contributed by atoms with Crippen molar-refractivity contribution in [3.05, 3.63) is 42.3 Å². The normalized spacial score (nSPS) is 11.8. The van der Waals surface area contributed by atoms with Crippen LogP contribution in [0.4, 0.5) is 0 Å². The van der Waals surface area contributed by atoms with Gasteiger partial charge in [-0.2, -0.15) is 0 Å². The summed E-state index contributed by atoms with van der Waals surface area (Å²) in [7, 11) is 0. The van der Waals surface area contributed by atoms with Gasteiger partial charge in [0.05, 0.1) is 12.2 Å². The smallest absolute Gasteiger partial charge is 0.317 e. The molecule has 0 saturated carbocycles. The van der Waals surface area contributed by atoms with Gasteiger partial charge < -0.3 is 9.52 Å². The summed E-state index contributed by atoms with van der Waals surface area (Å²) in [6.07, 6.45) is 1.59. The van der Waals surface area contributed by atoms with Crippen LogP contribution in [0.5, 0.6) is 0 Å². The number of rotatable bonds is 5. The Morgan fingerprint density at radius 3 is 2.52 bits per heavy atom. The molecule has 0 atom stereocenters. The monoisotopic (exact) mass is 288 g/mol. The molecule has 0 fully saturated rings. The highest BCUT2D eigenvalue weighted by atomic mass is 16.4. The summed E-state index contributed by atoms with van der Waals surface area (Å²) >= 11 is 0. The first-order chi connectivity index (χ1) is 9.86. The molecule has 5 nitrogen and oxygen atoms in total. The standard InChI is InChI=1S/C16H20N2O3/c1-16(2,3)18(10-14(19)20)9-13-11-21-15(17-13)12-7-5-4-6-8-12/h4-8,11H,9-10H2,1-3H3,(H,19,20). The third kappa shape index (κ3) is 4.16. The van der Waals surface area contributed by atoms with Crippen LogP contribution in [0.25, 0.3) is 11.5 Å². The minimum atomic E-state index is -0.850. The highest BCUT2D eigenvalue weighted by molar-refractivity contribution is 5.69. The average Bonchev–Trinajstić information content (AvgIpc) is 2.86. The molecule has 5 heteroatoms. The number of carbonyl (C=O) groups is 1. The van der Waals surface area contributed by atoms with Crippen molar-refractivity contribution in [3.63, 3.8) is 0 Å². The van der Waals surface area contributed by atoms with Gasteiger partial charge in [0.1, 0.15) is 6.26 Å². The van der Waals surface area contributed by atoms with Gasteiger partial charge >= 0.3 is 5.97 Å². The van der Waals surface area contributed by atoms with E-state index in [0.29, 0.717) is 12.4 Å². The number of aromatic nitrogens is 1. The lowest BCUT2D eigenvalue weighted by molar-refractivity contribution is -0.139. The van der Waals surface area contributed by atoms with Crippen molar-refractivity contribution in [2.24, 2.45) is 0 Å². The zero-order chi connectivity index (χ0) is 15.5. The maximum atomic E-state index is 11.0. The van der Waals surface area contributed by atoms with Gasteiger partial charge in [-0.15, -0.1) is 0 Å². The Balaban J connectivity index is 2.15. The van der Waals surface area contributed by atoms with Gasteiger partial charge in [0.2, 0.25) is 5.89 Å². The highest BCUT2D eigenvalue weighted by Gasteiger charge is 2.24. The Morgan fingerprint density at radius 2 is 1.95 bits per heavy atom. The quantitative estimate of drug-likeness (QED) is 0.916. The number of benzene rings is 1. The van der Waals surface area contributed by atoms with Gasteiger partial charge in [-0.3, -0.25) is 9.69 Å². The molecule has 0 saturated heterocycles. The van der Waals surface area contributed by atoms with E-state index in [9.17, 15) is 4.79 Å². The van der Waals surface area contributed by atoms with E-state index in [-0.39, 0.29) is 12.1 Å². The van der Waals surface area contributed by atoms with Crippen LogP contribution in [-0.2, 0) is 11.3 Å². The minimum Gasteiger partial charge on any atom is -0.480 e. The van der Waals surface area contributed by atoms with E-state index in [0.717, 1.165) is 11.3 Å². The van der Waals surface area contributed by atoms with Crippen LogP contribution in [0, 0.1) is 0 Å². The first kappa shape index (κ1) is 15.3. The number of carboxylic acids is 1. The SMILES string of the molecule is CC(C)(C)N(CC(=O)O)Cc1coc(-c2ccccc2)n1. The number of nitrogens with zero attached hydrogens (tertiary/aromatic N) is 2. The third-order valence-corrected chi connectivity index (χ3v) is 3.20. The Morgan fingerprint density at radius 1 is 1.29 bits per heavy atom. The fourth-order valence-electron chi connectivity index (χ4n) is 1.98. The van der Waals surface area contributed by atoms with Crippen LogP contribution in [0.15, 0.2) is 41.0 Å². The molecule has 0 spiro atoms. The Bertz CT molecular complexity index is 599. The van der Waals surface area contributed by atoms with Crippen molar-refractivity contribution in [3.8, 4) is 11.5 Å². The lowest BCUT2D eigenvalue weighted by atomic mass is 10.1. The van der Waals surface area contributed by atoms with E-state index in [1.807, 2.05) is 56.0 Å². The van der Waals surface area contributed by atoms with E-state index >= 15 is 0 Å². The molecule has 112 valence electrons. The second-order valence-corrected chi connectivity index (χ2v) is 5.93. The fraction of sp³-hybridized carbons (Fsp3) is 0.375. The van der Waals surface area contributed by atoms with Crippen molar-refractivity contribution in [1.29, 1.82) is 0 Å². The lowest BCUT2D eigenvalue weighted by Crippen LogP contribution is -2.43.